The molecule has 0 aliphatic carbocycles. The summed E-state index contributed by atoms with van der Waals surface area (Å²) in [5, 5.41) is 5.07. The molecular weight excluding hydrogens is 615 g/mol. The third-order valence-corrected chi connectivity index (χ3v) is 9.04. The molecule has 4 aromatic carbocycles. The van der Waals surface area contributed by atoms with E-state index >= 15 is 0 Å². The van der Waals surface area contributed by atoms with Gasteiger partial charge >= 0.3 is 0 Å². The van der Waals surface area contributed by atoms with Crippen molar-refractivity contribution in [3.05, 3.63) is 125 Å². The van der Waals surface area contributed by atoms with Crippen molar-refractivity contribution in [2.45, 2.75) is 25.3 Å². The quantitative estimate of drug-likeness (QED) is 0.129. The van der Waals surface area contributed by atoms with Gasteiger partial charge in [-0.05, 0) is 60.0 Å². The number of halogens is 1. The molecule has 2 heterocycles. The van der Waals surface area contributed by atoms with Crippen LogP contribution in [0.4, 0.5) is 5.69 Å². The Balaban J connectivity index is 0.00000294. The Hall–Kier alpha value is -2.87. The number of hydrogen-bond acceptors (Lipinski definition) is 3. The lowest BCUT2D eigenvalue weighted by molar-refractivity contribution is -0.665. The molecule has 0 saturated heterocycles. The summed E-state index contributed by atoms with van der Waals surface area (Å²) in [4.78, 5) is 3.71. The molecular formula is C33H29IN2S2. The number of rotatable bonds is 6. The van der Waals surface area contributed by atoms with E-state index in [-0.39, 0.29) is 24.0 Å². The van der Waals surface area contributed by atoms with Gasteiger partial charge in [-0.15, -0.1) is 0 Å². The maximum atomic E-state index is 2.42. The molecule has 0 amide bonds. The van der Waals surface area contributed by atoms with E-state index in [4.69, 9.17) is 0 Å². The van der Waals surface area contributed by atoms with Gasteiger partial charge in [-0.2, -0.15) is 4.57 Å². The third kappa shape index (κ3) is 5.07. The molecule has 0 unspecified atom stereocenters. The molecule has 0 fully saturated rings. The van der Waals surface area contributed by atoms with E-state index in [1.165, 1.54) is 52.7 Å². The van der Waals surface area contributed by atoms with Gasteiger partial charge in [0.15, 0.2) is 0 Å². The Morgan fingerprint density at radius 3 is 2.50 bits per heavy atom. The fourth-order valence-corrected chi connectivity index (χ4v) is 7.37. The minimum Gasteiger partial charge on any atom is -1.00 e. The Labute approximate surface area is 250 Å². The first kappa shape index (κ1) is 26.7. The molecule has 2 nitrogen and oxygen atoms in total. The summed E-state index contributed by atoms with van der Waals surface area (Å²) < 4.78 is 3.73. The number of thioether (sulfide) groups is 1. The number of hydrogen-bond donors (Lipinski definition) is 0. The van der Waals surface area contributed by atoms with Gasteiger partial charge in [-0.25, -0.2) is 0 Å². The van der Waals surface area contributed by atoms with Crippen LogP contribution in [-0.4, -0.2) is 6.54 Å². The zero-order chi connectivity index (χ0) is 25.2. The zero-order valence-corrected chi connectivity index (χ0v) is 25.3. The van der Waals surface area contributed by atoms with Crippen molar-refractivity contribution in [1.29, 1.82) is 0 Å². The van der Waals surface area contributed by atoms with Crippen LogP contribution in [0.3, 0.4) is 0 Å². The van der Waals surface area contributed by atoms with E-state index in [2.05, 4.69) is 139 Å². The number of para-hydroxylation sites is 2. The van der Waals surface area contributed by atoms with E-state index in [0.717, 1.165) is 13.1 Å². The van der Waals surface area contributed by atoms with E-state index in [1.54, 1.807) is 0 Å². The van der Waals surface area contributed by atoms with Gasteiger partial charge in [0, 0.05) is 23.6 Å². The number of aromatic nitrogens is 1. The van der Waals surface area contributed by atoms with Crippen molar-refractivity contribution in [2.24, 2.45) is 0 Å². The summed E-state index contributed by atoms with van der Waals surface area (Å²) in [7, 11) is 0. The van der Waals surface area contributed by atoms with Gasteiger partial charge in [0.25, 0.3) is 5.01 Å². The third-order valence-electron chi connectivity index (χ3n) is 6.80. The van der Waals surface area contributed by atoms with Crippen molar-refractivity contribution in [3.63, 3.8) is 0 Å². The molecule has 6 rings (SSSR count). The highest BCUT2D eigenvalue weighted by Crippen LogP contribution is 2.45. The van der Waals surface area contributed by atoms with Crippen molar-refractivity contribution < 1.29 is 28.5 Å². The standard InChI is InChI=1S/C33H29N2S2.HI/c1-3-34-28-18-7-9-20-30(28)36-32(34)22-12-15-25(27-17-11-14-24-13-5-6-16-26(24)27)23-33-35(4-2)29-19-8-10-21-31(29)37-33;/h5-23H,3-4H2,1-2H3;1H/q+1;/p-1. The molecule has 190 valence electrons. The van der Waals surface area contributed by atoms with Gasteiger partial charge in [-0.3, -0.25) is 0 Å². The summed E-state index contributed by atoms with van der Waals surface area (Å²) in [6.07, 6.45) is 9.11. The molecule has 1 aromatic heterocycles. The van der Waals surface area contributed by atoms with E-state index < -0.39 is 0 Å². The molecule has 0 bridgehead atoms. The van der Waals surface area contributed by atoms with Gasteiger partial charge in [0.05, 0.1) is 10.7 Å². The van der Waals surface area contributed by atoms with Crippen LogP contribution in [-0.2, 0) is 6.54 Å². The first-order valence-electron chi connectivity index (χ1n) is 12.8. The number of allylic oxidation sites excluding steroid dienone is 4. The number of fused-ring (bicyclic) bond motifs is 3. The second kappa shape index (κ2) is 11.9. The average molecular weight is 645 g/mol. The predicted octanol–water partition coefficient (Wildman–Crippen LogP) is 5.94. The number of anilines is 1. The summed E-state index contributed by atoms with van der Waals surface area (Å²) in [5.74, 6) is 0. The summed E-state index contributed by atoms with van der Waals surface area (Å²) in [6, 6.07) is 32.6. The van der Waals surface area contributed by atoms with Crippen LogP contribution >= 0.6 is 23.1 Å². The molecule has 0 N–H and O–H groups in total. The number of benzene rings is 4. The smallest absolute Gasteiger partial charge is 0.263 e. The second-order valence-electron chi connectivity index (χ2n) is 8.96. The fraction of sp³-hybridized carbons (Fsp3) is 0.121. The highest BCUT2D eigenvalue weighted by Gasteiger charge is 2.22. The highest BCUT2D eigenvalue weighted by atomic mass is 127. The maximum Gasteiger partial charge on any atom is 0.263 e. The monoisotopic (exact) mass is 644 g/mol. The lowest BCUT2D eigenvalue weighted by Crippen LogP contribution is -3.00. The molecule has 0 spiro atoms. The van der Waals surface area contributed by atoms with Crippen LogP contribution in [0.1, 0.15) is 24.4 Å². The van der Waals surface area contributed by atoms with Crippen molar-refractivity contribution in [3.8, 4) is 0 Å². The molecule has 0 saturated carbocycles. The van der Waals surface area contributed by atoms with Crippen molar-refractivity contribution >= 4 is 61.4 Å². The Kier molecular flexibility index (Phi) is 8.36. The van der Waals surface area contributed by atoms with Gasteiger partial charge in [-0.1, -0.05) is 102 Å². The van der Waals surface area contributed by atoms with Gasteiger partial charge in [0.2, 0.25) is 5.52 Å². The van der Waals surface area contributed by atoms with Crippen LogP contribution in [0.2, 0.25) is 0 Å². The molecule has 38 heavy (non-hydrogen) atoms. The Morgan fingerprint density at radius 1 is 0.868 bits per heavy atom. The molecule has 1 aliphatic rings. The molecule has 5 heteroatoms. The first-order chi connectivity index (χ1) is 18.3. The largest absolute Gasteiger partial charge is 1.00 e. The van der Waals surface area contributed by atoms with Crippen LogP contribution in [0, 0.1) is 0 Å². The van der Waals surface area contributed by atoms with Gasteiger partial charge < -0.3 is 28.9 Å². The highest BCUT2D eigenvalue weighted by molar-refractivity contribution is 8.03. The SMILES string of the molecule is CCN1C(=CC=CC(=Cc2sc3ccccc3[n+]2CC)c2cccc3ccccc23)Sc2ccccc21.[I-]. The molecule has 5 aromatic rings. The van der Waals surface area contributed by atoms with E-state index in [0.29, 0.717) is 0 Å². The van der Waals surface area contributed by atoms with Crippen LogP contribution in [0.5, 0.6) is 0 Å². The Bertz CT molecular complexity index is 1690. The molecule has 1 aliphatic heterocycles. The lowest BCUT2D eigenvalue weighted by atomic mass is 9.97. The van der Waals surface area contributed by atoms with E-state index in [9.17, 15) is 0 Å². The minimum atomic E-state index is 0. The summed E-state index contributed by atoms with van der Waals surface area (Å²) in [5.41, 5.74) is 5.06. The molecule has 0 atom stereocenters. The second-order valence-corrected chi connectivity index (χ2v) is 11.1. The molecule has 0 radical (unpaired) electrons. The lowest BCUT2D eigenvalue weighted by Gasteiger charge is -2.17. The zero-order valence-electron chi connectivity index (χ0n) is 21.5. The van der Waals surface area contributed by atoms with Crippen LogP contribution in [0.15, 0.2) is 119 Å². The maximum absolute atomic E-state index is 2.42. The summed E-state index contributed by atoms with van der Waals surface area (Å²) >= 11 is 3.70. The predicted molar refractivity (Wildman–Crippen MR) is 162 cm³/mol. The topological polar surface area (TPSA) is 7.12 Å². The van der Waals surface area contributed by atoms with Crippen molar-refractivity contribution in [1.82, 2.24) is 0 Å². The summed E-state index contributed by atoms with van der Waals surface area (Å²) in [6.45, 7) is 6.33. The average Bonchev–Trinajstić information content (AvgIpc) is 3.49. The van der Waals surface area contributed by atoms with Crippen molar-refractivity contribution in [2.75, 3.05) is 11.4 Å². The normalized spacial score (nSPS) is 14.5. The number of aryl methyl sites for hydroxylation is 1. The van der Waals surface area contributed by atoms with Crippen LogP contribution in [0.25, 0.3) is 32.6 Å². The minimum absolute atomic E-state index is 0. The Morgan fingerprint density at radius 2 is 1.63 bits per heavy atom. The van der Waals surface area contributed by atoms with Gasteiger partial charge in [0.1, 0.15) is 11.2 Å². The fourth-order valence-electron chi connectivity index (χ4n) is 5.05. The first-order valence-corrected chi connectivity index (χ1v) is 14.4. The van der Waals surface area contributed by atoms with Crippen LogP contribution < -0.4 is 33.4 Å². The number of thiazole rings is 1. The van der Waals surface area contributed by atoms with E-state index in [1.807, 2.05) is 23.1 Å². The number of nitrogens with zero attached hydrogens (tertiary/aromatic N) is 2.